The van der Waals surface area contributed by atoms with Crippen molar-refractivity contribution in [1.82, 2.24) is 20.3 Å². The number of nitrogens with zero attached hydrogens (tertiary/aromatic N) is 7. The number of benzene rings is 5. The molecule has 0 bridgehead atoms. The fourth-order valence-electron chi connectivity index (χ4n) is 10.6. The second-order valence-corrected chi connectivity index (χ2v) is 21.4. The lowest BCUT2D eigenvalue weighted by atomic mass is 9.85. The van der Waals surface area contributed by atoms with Crippen LogP contribution < -0.4 is 43.8 Å². The number of halogens is 2. The molecule has 454 valence electrons. The molecule has 3 aromatic heterocycles. The molecule has 10 rings (SSSR count). The van der Waals surface area contributed by atoms with Crippen molar-refractivity contribution in [3.63, 3.8) is 0 Å². The third-order valence-electron chi connectivity index (χ3n) is 15.1. The van der Waals surface area contributed by atoms with E-state index in [2.05, 4.69) is 92.1 Å². The number of aryl methyl sites for hydroxylation is 1. The number of guanidine groups is 1. The molecule has 0 amide bonds. The summed E-state index contributed by atoms with van der Waals surface area (Å²) in [5.74, 6) is 5.19. The molecular weight excluding hydrogens is 1160 g/mol. The Hall–Kier alpha value is -10.1. The van der Waals surface area contributed by atoms with Crippen molar-refractivity contribution in [2.24, 2.45) is 4.99 Å². The van der Waals surface area contributed by atoms with Crippen LogP contribution in [0.4, 0.5) is 5.69 Å². The van der Waals surface area contributed by atoms with E-state index in [1.165, 1.54) is 41.9 Å². The van der Waals surface area contributed by atoms with Gasteiger partial charge in [0.25, 0.3) is 0 Å². The van der Waals surface area contributed by atoms with Crippen molar-refractivity contribution in [3.8, 4) is 58.6 Å². The van der Waals surface area contributed by atoms with Crippen LogP contribution in [0, 0.1) is 34.1 Å². The largest absolute Gasteiger partial charge is 0.496 e. The number of methoxy groups -OCH3 is 5. The first-order valence-corrected chi connectivity index (χ1v) is 29.6. The van der Waals surface area contributed by atoms with E-state index in [4.69, 9.17) is 61.6 Å². The van der Waals surface area contributed by atoms with E-state index in [-0.39, 0.29) is 18.1 Å². The number of nitriles is 3. The van der Waals surface area contributed by atoms with Crippen molar-refractivity contribution in [3.05, 3.63) is 224 Å². The molecule has 3 heterocycles. The van der Waals surface area contributed by atoms with Crippen LogP contribution in [0.5, 0.6) is 40.2 Å². The lowest BCUT2D eigenvalue weighted by molar-refractivity contribution is 0.200. The number of aliphatic imine (C=N–C) groups is 1. The molecule has 16 nitrogen and oxygen atoms in total. The summed E-state index contributed by atoms with van der Waals surface area (Å²) in [5, 5.41) is 34.3. The molecule has 0 aliphatic heterocycles. The van der Waals surface area contributed by atoms with Gasteiger partial charge in [0.05, 0.1) is 75.2 Å². The second kappa shape index (κ2) is 32.6. The SMILES string of the molecule is CCc1cc(/C(=C/C#N)c2ccc(OC)c(OC)c2)ccc1OC.CN=C(NC#N)Nc1cccc([C@@H](Cc2ccncc2)c2ccc(OC)c(OC3CCCC3)c2)c1.COc1cnc(/C(C#N)=C/c2c(Cl)cncc2Cl)cc1OC1Cc2ccccc2C1. The Bertz CT molecular complexity index is 3840. The zero-order chi connectivity index (χ0) is 63.1. The Kier molecular flexibility index (Phi) is 23.8. The summed E-state index contributed by atoms with van der Waals surface area (Å²) < 4.78 is 39.7. The zero-order valence-electron chi connectivity index (χ0n) is 50.7. The summed E-state index contributed by atoms with van der Waals surface area (Å²) in [6, 6.07) is 44.4. The summed E-state index contributed by atoms with van der Waals surface area (Å²) in [7, 11) is 9.73. The van der Waals surface area contributed by atoms with Crippen molar-refractivity contribution < 1.29 is 33.2 Å². The smallest absolute Gasteiger partial charge is 0.208 e. The molecule has 1 fully saturated rings. The van der Waals surface area contributed by atoms with Gasteiger partial charge in [-0.3, -0.25) is 25.3 Å². The normalized spacial score (nSPS) is 13.3. The average Bonchev–Trinajstić information content (AvgIpc) is 3.32. The van der Waals surface area contributed by atoms with Gasteiger partial charge in [0.15, 0.2) is 40.7 Å². The molecule has 1 atom stereocenters. The minimum atomic E-state index is -0.00912. The maximum Gasteiger partial charge on any atom is 0.208 e. The molecule has 2 aliphatic rings. The van der Waals surface area contributed by atoms with Gasteiger partial charge in [-0.25, -0.2) is 0 Å². The van der Waals surface area contributed by atoms with Crippen LogP contribution in [-0.2, 0) is 25.7 Å². The van der Waals surface area contributed by atoms with Crippen LogP contribution in [0.1, 0.15) is 94.3 Å². The van der Waals surface area contributed by atoms with Crippen LogP contribution in [0.25, 0.3) is 17.2 Å². The Balaban J connectivity index is 0.000000176. The van der Waals surface area contributed by atoms with E-state index in [9.17, 15) is 10.5 Å². The number of allylic oxidation sites excluding steroid dienone is 2. The van der Waals surface area contributed by atoms with Gasteiger partial charge in [-0.15, -0.1) is 0 Å². The first kappa shape index (κ1) is 64.9. The van der Waals surface area contributed by atoms with Crippen LogP contribution in [-0.4, -0.2) is 75.7 Å². The summed E-state index contributed by atoms with van der Waals surface area (Å²) >= 11 is 12.4. The monoisotopic (exact) mass is 1230 g/mol. The standard InChI is InChI=1S/C28H31N5O2.C23H17Cl2N3O2.C20H21NO3/c1-30-28(32-19-29)33-23-7-5-6-21(17-23)25(16-20-12-14-31-15-13-20)22-10-11-26(34-2)27(18-22)35-24-8-3-4-9-24;1-29-23-13-28-21(16(10-26)8-18-19(24)11-27-12-20(18)25)9-22(23)30-17-6-14-4-2-3-5-15(14)7-17;1-5-14-12-15(6-8-18(14)22-2)17(10-11-21)16-7-9-19(23-3)20(13-16)24-4/h5-7,10-15,17-18,24-25H,3-4,8-9,16H2,1-2H3,(H2,30,32,33);2-5,8-9,11-13,17H,6-7H2,1H3;6-10,12-13H,5H2,1-4H3/b;16-8+;17-10-/t25-;;/m1../s1. The van der Waals surface area contributed by atoms with Gasteiger partial charge < -0.3 is 38.5 Å². The molecule has 2 aliphatic carbocycles. The molecule has 2 N–H and O–H groups in total. The Labute approximate surface area is 530 Å². The summed E-state index contributed by atoms with van der Waals surface area (Å²) in [5.41, 5.74) is 11.9. The molecular formula is C71H69Cl2N9O7. The van der Waals surface area contributed by atoms with Crippen LogP contribution in [0.2, 0.25) is 10.0 Å². The lowest BCUT2D eigenvalue weighted by Crippen LogP contribution is -2.26. The lowest BCUT2D eigenvalue weighted by Gasteiger charge is -2.22. The minimum Gasteiger partial charge on any atom is -0.496 e. The highest BCUT2D eigenvalue weighted by atomic mass is 35.5. The molecule has 0 saturated heterocycles. The molecule has 89 heavy (non-hydrogen) atoms. The number of nitrogens with one attached hydrogen (secondary N) is 2. The van der Waals surface area contributed by atoms with E-state index in [1.807, 2.05) is 91.4 Å². The van der Waals surface area contributed by atoms with E-state index in [0.717, 1.165) is 94.9 Å². The Morgan fingerprint density at radius 2 is 1.27 bits per heavy atom. The highest BCUT2D eigenvalue weighted by molar-refractivity contribution is 6.37. The van der Waals surface area contributed by atoms with Crippen LogP contribution >= 0.6 is 23.2 Å². The number of ether oxygens (including phenoxy) is 7. The molecule has 18 heteroatoms. The molecule has 1 saturated carbocycles. The van der Waals surface area contributed by atoms with Gasteiger partial charge in [-0.2, -0.15) is 15.8 Å². The quantitative estimate of drug-likeness (QED) is 0.0253. The maximum absolute atomic E-state index is 9.71. The number of aromatic nitrogens is 3. The van der Waals surface area contributed by atoms with Crippen molar-refractivity contribution in [2.75, 3.05) is 47.9 Å². The number of pyridine rings is 3. The van der Waals surface area contributed by atoms with E-state index < -0.39 is 0 Å². The van der Waals surface area contributed by atoms with Crippen molar-refractivity contribution >= 4 is 52.1 Å². The zero-order valence-corrected chi connectivity index (χ0v) is 52.2. The van der Waals surface area contributed by atoms with Gasteiger partial charge in [0, 0.05) is 74.0 Å². The van der Waals surface area contributed by atoms with E-state index in [0.29, 0.717) is 55.8 Å². The van der Waals surface area contributed by atoms with Crippen LogP contribution in [0.3, 0.4) is 0 Å². The number of fused-ring (bicyclic) bond motifs is 1. The average molecular weight is 1230 g/mol. The number of anilines is 1. The molecule has 0 unspecified atom stereocenters. The predicted molar refractivity (Wildman–Crippen MR) is 349 cm³/mol. The molecule has 5 aromatic carbocycles. The van der Waals surface area contributed by atoms with Gasteiger partial charge in [0.1, 0.15) is 17.9 Å². The summed E-state index contributed by atoms with van der Waals surface area (Å²) in [6.45, 7) is 2.08. The third-order valence-corrected chi connectivity index (χ3v) is 15.7. The number of hydrogen-bond donors (Lipinski definition) is 2. The fraction of sp³-hybridized carbons (Fsp3) is 0.254. The molecule has 0 radical (unpaired) electrons. The molecule has 8 aromatic rings. The van der Waals surface area contributed by atoms with Crippen molar-refractivity contribution in [2.45, 2.75) is 76.4 Å². The van der Waals surface area contributed by atoms with Gasteiger partial charge in [0.2, 0.25) is 5.96 Å². The van der Waals surface area contributed by atoms with Gasteiger partial charge in [-0.05, 0) is 155 Å². The Morgan fingerprint density at radius 3 is 1.90 bits per heavy atom. The van der Waals surface area contributed by atoms with Gasteiger partial charge in [-0.1, -0.05) is 84.7 Å². The highest BCUT2D eigenvalue weighted by Gasteiger charge is 2.26. The number of hydrogen-bond acceptors (Lipinski definition) is 14. The molecule has 0 spiro atoms. The predicted octanol–water partition coefficient (Wildman–Crippen LogP) is 14.9. The van der Waals surface area contributed by atoms with Crippen molar-refractivity contribution in [1.29, 1.82) is 15.8 Å². The van der Waals surface area contributed by atoms with E-state index >= 15 is 0 Å². The summed E-state index contributed by atoms with van der Waals surface area (Å²) in [6.07, 6.45) is 21.3. The fourth-order valence-corrected chi connectivity index (χ4v) is 11.1. The first-order valence-electron chi connectivity index (χ1n) is 28.9. The maximum atomic E-state index is 9.71. The summed E-state index contributed by atoms with van der Waals surface area (Å²) in [4.78, 5) is 16.5. The minimum absolute atomic E-state index is 0.00912. The van der Waals surface area contributed by atoms with Gasteiger partial charge >= 0.3 is 0 Å². The van der Waals surface area contributed by atoms with E-state index in [1.54, 1.807) is 67.0 Å². The topological polar surface area (TPSA) is 211 Å². The Morgan fingerprint density at radius 1 is 0.652 bits per heavy atom. The highest BCUT2D eigenvalue weighted by Crippen LogP contribution is 2.40. The number of rotatable bonds is 19. The van der Waals surface area contributed by atoms with Crippen LogP contribution in [0.15, 0.2) is 163 Å². The second-order valence-electron chi connectivity index (χ2n) is 20.6. The third kappa shape index (κ3) is 17.1. The first-order chi connectivity index (χ1) is 43.5.